The van der Waals surface area contributed by atoms with E-state index in [2.05, 4.69) is 5.32 Å². The highest BCUT2D eigenvalue weighted by atomic mass is 35.5. The fourth-order valence-electron chi connectivity index (χ4n) is 2.53. The number of aryl methyl sites for hydroxylation is 1. The zero-order valence-electron chi connectivity index (χ0n) is 17.5. The van der Waals surface area contributed by atoms with Crippen LogP contribution in [0.2, 0.25) is 5.02 Å². The second kappa shape index (κ2) is 11.6. The van der Waals surface area contributed by atoms with Gasteiger partial charge in [0.1, 0.15) is 11.6 Å². The van der Waals surface area contributed by atoms with Gasteiger partial charge in [0.15, 0.2) is 18.1 Å². The van der Waals surface area contributed by atoms with Gasteiger partial charge in [-0.25, -0.2) is 4.79 Å². The topological polar surface area (TPSA) is 97.7 Å². The van der Waals surface area contributed by atoms with Gasteiger partial charge < -0.3 is 19.5 Å². The van der Waals surface area contributed by atoms with E-state index in [0.717, 1.165) is 5.56 Å². The number of amides is 1. The van der Waals surface area contributed by atoms with Crippen molar-refractivity contribution in [2.75, 3.05) is 25.1 Å². The maximum atomic E-state index is 12.5. The summed E-state index contributed by atoms with van der Waals surface area (Å²) in [6.07, 6.45) is 1.43. The molecule has 0 heterocycles. The van der Waals surface area contributed by atoms with Crippen molar-refractivity contribution in [1.82, 2.24) is 0 Å². The molecule has 2 rings (SSSR count). The Labute approximate surface area is 186 Å². The van der Waals surface area contributed by atoms with Gasteiger partial charge in [-0.05, 0) is 62.2 Å². The van der Waals surface area contributed by atoms with Crippen LogP contribution >= 0.6 is 11.6 Å². The number of carbonyl (C=O) groups excluding carboxylic acids is 2. The molecule has 7 nitrogen and oxygen atoms in total. The Bertz CT molecular complexity index is 1030. The van der Waals surface area contributed by atoms with Gasteiger partial charge in [-0.1, -0.05) is 23.7 Å². The first-order valence-corrected chi connectivity index (χ1v) is 10.00. The highest BCUT2D eigenvalue weighted by Crippen LogP contribution is 2.29. The molecule has 1 N–H and O–H groups in total. The molecule has 162 valence electrons. The van der Waals surface area contributed by atoms with Crippen molar-refractivity contribution in [3.8, 4) is 17.6 Å². The first-order chi connectivity index (χ1) is 14.9. The molecule has 31 heavy (non-hydrogen) atoms. The van der Waals surface area contributed by atoms with Crippen molar-refractivity contribution in [3.05, 3.63) is 58.1 Å². The van der Waals surface area contributed by atoms with E-state index in [-0.39, 0.29) is 18.8 Å². The second-order valence-electron chi connectivity index (χ2n) is 6.32. The number of carbonyl (C=O) groups is 2. The first-order valence-electron chi connectivity index (χ1n) is 9.62. The molecule has 0 spiro atoms. The summed E-state index contributed by atoms with van der Waals surface area (Å²) in [4.78, 5) is 24.0. The Morgan fingerprint density at radius 3 is 2.52 bits per heavy atom. The third-order valence-electron chi connectivity index (χ3n) is 4.02. The van der Waals surface area contributed by atoms with Gasteiger partial charge in [-0.2, -0.15) is 5.26 Å². The molecule has 0 saturated heterocycles. The minimum Gasteiger partial charge on any atom is -0.490 e. The van der Waals surface area contributed by atoms with Crippen LogP contribution in [-0.4, -0.2) is 31.7 Å². The maximum Gasteiger partial charge on any atom is 0.344 e. The van der Waals surface area contributed by atoms with E-state index in [1.54, 1.807) is 50.2 Å². The van der Waals surface area contributed by atoms with Crippen LogP contribution in [0.4, 0.5) is 5.69 Å². The van der Waals surface area contributed by atoms with Crippen LogP contribution in [0.5, 0.6) is 11.5 Å². The fourth-order valence-corrected chi connectivity index (χ4v) is 2.71. The van der Waals surface area contributed by atoms with Gasteiger partial charge in [0, 0.05) is 10.7 Å². The maximum absolute atomic E-state index is 12.5. The quantitative estimate of drug-likeness (QED) is 0.348. The molecule has 0 aliphatic carbocycles. The van der Waals surface area contributed by atoms with E-state index >= 15 is 0 Å². The standard InChI is InChI=1S/C23H23ClN2O5/c1-4-29-21-11-16(7-9-20(21)31-14-22(27)30-5-2)10-17(13-25)23(28)26-18-8-6-15(3)19(24)12-18/h6-12H,4-5,14H2,1-3H3,(H,26,28)/b17-10+. The lowest BCUT2D eigenvalue weighted by Crippen LogP contribution is -2.15. The molecule has 0 fully saturated rings. The molecule has 0 aromatic heterocycles. The number of hydrogen-bond donors (Lipinski definition) is 1. The number of halogens is 1. The number of nitriles is 1. The molecule has 0 aliphatic heterocycles. The molecule has 2 aromatic rings. The van der Waals surface area contributed by atoms with Crippen LogP contribution < -0.4 is 14.8 Å². The van der Waals surface area contributed by atoms with Crippen molar-refractivity contribution >= 4 is 35.2 Å². The van der Waals surface area contributed by atoms with Crippen LogP contribution in [0.3, 0.4) is 0 Å². The Kier molecular flexibility index (Phi) is 8.92. The molecule has 2 aromatic carbocycles. The third-order valence-corrected chi connectivity index (χ3v) is 4.43. The Morgan fingerprint density at radius 1 is 1.10 bits per heavy atom. The highest BCUT2D eigenvalue weighted by Gasteiger charge is 2.13. The first kappa shape index (κ1) is 23.8. The Hall–Kier alpha value is -3.50. The summed E-state index contributed by atoms with van der Waals surface area (Å²) in [6.45, 7) is 5.74. The zero-order valence-corrected chi connectivity index (χ0v) is 18.3. The number of nitrogens with one attached hydrogen (secondary N) is 1. The van der Waals surface area contributed by atoms with Gasteiger partial charge in [-0.15, -0.1) is 0 Å². The molecule has 0 atom stereocenters. The predicted molar refractivity (Wildman–Crippen MR) is 118 cm³/mol. The van der Waals surface area contributed by atoms with E-state index in [4.69, 9.17) is 25.8 Å². The fraction of sp³-hybridized carbons (Fsp3) is 0.261. The van der Waals surface area contributed by atoms with E-state index < -0.39 is 11.9 Å². The summed E-state index contributed by atoms with van der Waals surface area (Å²) < 4.78 is 15.9. The minimum absolute atomic E-state index is 0.0978. The molecule has 0 bridgehead atoms. The van der Waals surface area contributed by atoms with Gasteiger partial charge in [0.05, 0.1) is 13.2 Å². The lowest BCUT2D eigenvalue weighted by molar-refractivity contribution is -0.145. The average molecular weight is 443 g/mol. The molecule has 0 aliphatic rings. The molecule has 8 heteroatoms. The zero-order chi connectivity index (χ0) is 22.8. The second-order valence-corrected chi connectivity index (χ2v) is 6.73. The third kappa shape index (κ3) is 7.05. The van der Waals surface area contributed by atoms with Gasteiger partial charge in [0.25, 0.3) is 5.91 Å². The van der Waals surface area contributed by atoms with Crippen LogP contribution in [-0.2, 0) is 14.3 Å². The number of anilines is 1. The highest BCUT2D eigenvalue weighted by molar-refractivity contribution is 6.31. The molecule has 0 unspecified atom stereocenters. The van der Waals surface area contributed by atoms with Crippen molar-refractivity contribution in [3.63, 3.8) is 0 Å². The number of esters is 1. The van der Waals surface area contributed by atoms with Crippen molar-refractivity contribution in [1.29, 1.82) is 5.26 Å². The van der Waals surface area contributed by atoms with E-state index in [9.17, 15) is 14.9 Å². The van der Waals surface area contributed by atoms with E-state index in [0.29, 0.717) is 34.4 Å². The predicted octanol–water partition coefficient (Wildman–Crippen LogP) is 4.53. The summed E-state index contributed by atoms with van der Waals surface area (Å²) in [5.74, 6) is -0.329. The summed E-state index contributed by atoms with van der Waals surface area (Å²) in [5, 5.41) is 12.6. The molecule has 0 radical (unpaired) electrons. The molecular weight excluding hydrogens is 420 g/mol. The SMILES string of the molecule is CCOC(=O)COc1ccc(/C=C(\C#N)C(=O)Nc2ccc(C)c(Cl)c2)cc1OCC. The lowest BCUT2D eigenvalue weighted by atomic mass is 10.1. The number of ether oxygens (including phenoxy) is 3. The van der Waals surface area contributed by atoms with Gasteiger partial charge in [0.2, 0.25) is 0 Å². The minimum atomic E-state index is -0.567. The number of hydrogen-bond acceptors (Lipinski definition) is 6. The van der Waals surface area contributed by atoms with Crippen LogP contribution in [0.25, 0.3) is 6.08 Å². The van der Waals surface area contributed by atoms with Crippen LogP contribution in [0, 0.1) is 18.3 Å². The lowest BCUT2D eigenvalue weighted by Gasteiger charge is -2.12. The largest absolute Gasteiger partial charge is 0.490 e. The van der Waals surface area contributed by atoms with Gasteiger partial charge >= 0.3 is 5.97 Å². The van der Waals surface area contributed by atoms with Crippen molar-refractivity contribution < 1.29 is 23.8 Å². The van der Waals surface area contributed by atoms with Crippen LogP contribution in [0.1, 0.15) is 25.0 Å². The average Bonchev–Trinajstić information content (AvgIpc) is 2.74. The Morgan fingerprint density at radius 2 is 1.87 bits per heavy atom. The number of benzene rings is 2. The van der Waals surface area contributed by atoms with E-state index in [1.165, 1.54) is 6.08 Å². The number of rotatable bonds is 9. The van der Waals surface area contributed by atoms with Crippen molar-refractivity contribution in [2.24, 2.45) is 0 Å². The molecule has 1 amide bonds. The number of nitrogens with zero attached hydrogens (tertiary/aromatic N) is 1. The monoisotopic (exact) mass is 442 g/mol. The van der Waals surface area contributed by atoms with Gasteiger partial charge in [-0.3, -0.25) is 4.79 Å². The normalized spacial score (nSPS) is 10.7. The van der Waals surface area contributed by atoms with Crippen LogP contribution in [0.15, 0.2) is 42.0 Å². The van der Waals surface area contributed by atoms with E-state index in [1.807, 2.05) is 13.0 Å². The molecular formula is C23H23ClN2O5. The smallest absolute Gasteiger partial charge is 0.344 e. The Balaban J connectivity index is 2.21. The summed E-state index contributed by atoms with van der Waals surface area (Å²) >= 11 is 6.08. The molecule has 0 saturated carbocycles. The summed E-state index contributed by atoms with van der Waals surface area (Å²) in [6, 6.07) is 11.9. The summed E-state index contributed by atoms with van der Waals surface area (Å²) in [5.41, 5.74) is 1.82. The summed E-state index contributed by atoms with van der Waals surface area (Å²) in [7, 11) is 0. The van der Waals surface area contributed by atoms with Crippen molar-refractivity contribution in [2.45, 2.75) is 20.8 Å².